The standard InChI is InChI=1S/C12H12FN3O3S/c13-10-2-1-8-3-4-16(11(8)5-10)20(18,19)12-9(7-17)6-14-15-12/h1-2,5-6,17H,3-4,7H2,(H,14,15). The lowest BCUT2D eigenvalue weighted by molar-refractivity contribution is 0.278. The molecule has 1 aliphatic rings. The average Bonchev–Trinajstić information content (AvgIpc) is 3.04. The Morgan fingerprint density at radius 2 is 2.25 bits per heavy atom. The number of H-pyrrole nitrogens is 1. The van der Waals surface area contributed by atoms with Gasteiger partial charge in [0.05, 0.1) is 18.5 Å². The van der Waals surface area contributed by atoms with Crippen molar-refractivity contribution in [2.75, 3.05) is 10.8 Å². The van der Waals surface area contributed by atoms with Gasteiger partial charge >= 0.3 is 0 Å². The first-order valence-electron chi connectivity index (χ1n) is 5.98. The smallest absolute Gasteiger partial charge is 0.281 e. The predicted molar refractivity (Wildman–Crippen MR) is 69.1 cm³/mol. The van der Waals surface area contributed by atoms with Crippen molar-refractivity contribution in [3.05, 3.63) is 41.3 Å². The van der Waals surface area contributed by atoms with Crippen molar-refractivity contribution < 1.29 is 17.9 Å². The number of nitrogens with one attached hydrogen (secondary N) is 1. The number of benzene rings is 1. The van der Waals surface area contributed by atoms with E-state index in [0.29, 0.717) is 12.1 Å². The van der Waals surface area contributed by atoms with Crippen LogP contribution in [0.15, 0.2) is 29.4 Å². The second kappa shape index (κ2) is 4.57. The molecule has 106 valence electrons. The Balaban J connectivity index is 2.09. The molecule has 0 spiro atoms. The number of anilines is 1. The molecule has 8 heteroatoms. The quantitative estimate of drug-likeness (QED) is 0.877. The molecule has 0 saturated heterocycles. The molecule has 1 aromatic carbocycles. The number of aliphatic hydroxyl groups is 1. The number of aromatic amines is 1. The second-order valence-corrected chi connectivity index (χ2v) is 6.28. The van der Waals surface area contributed by atoms with Crippen LogP contribution in [0.2, 0.25) is 0 Å². The van der Waals surface area contributed by atoms with Crippen LogP contribution >= 0.6 is 0 Å². The zero-order chi connectivity index (χ0) is 14.3. The molecule has 0 fully saturated rings. The molecule has 0 radical (unpaired) electrons. The topological polar surface area (TPSA) is 86.3 Å². The maximum Gasteiger partial charge on any atom is 0.281 e. The summed E-state index contributed by atoms with van der Waals surface area (Å²) < 4.78 is 39.6. The van der Waals surface area contributed by atoms with Gasteiger partial charge in [0.1, 0.15) is 5.82 Å². The number of rotatable bonds is 3. The van der Waals surface area contributed by atoms with Crippen LogP contribution < -0.4 is 4.31 Å². The number of nitrogens with zero attached hydrogens (tertiary/aromatic N) is 2. The lowest BCUT2D eigenvalue weighted by Crippen LogP contribution is -2.30. The van der Waals surface area contributed by atoms with E-state index < -0.39 is 22.4 Å². The molecule has 0 unspecified atom stereocenters. The first kappa shape index (κ1) is 13.1. The van der Waals surface area contributed by atoms with E-state index in [1.807, 2.05) is 0 Å². The Labute approximate surface area is 114 Å². The Morgan fingerprint density at radius 3 is 3.00 bits per heavy atom. The molecule has 0 aliphatic carbocycles. The van der Waals surface area contributed by atoms with Crippen LogP contribution in [0.3, 0.4) is 0 Å². The summed E-state index contributed by atoms with van der Waals surface area (Å²) in [6, 6.07) is 4.10. The van der Waals surface area contributed by atoms with Gasteiger partial charge in [0.15, 0.2) is 5.03 Å². The number of fused-ring (bicyclic) bond motifs is 1. The minimum absolute atomic E-state index is 0.155. The molecule has 1 aliphatic heterocycles. The lowest BCUT2D eigenvalue weighted by atomic mass is 10.2. The number of aromatic nitrogens is 2. The molecule has 20 heavy (non-hydrogen) atoms. The number of halogens is 1. The fourth-order valence-corrected chi connectivity index (χ4v) is 3.92. The maximum atomic E-state index is 13.3. The molecule has 2 N–H and O–H groups in total. The van der Waals surface area contributed by atoms with E-state index in [-0.39, 0.29) is 17.1 Å². The van der Waals surface area contributed by atoms with Crippen LogP contribution in [0.5, 0.6) is 0 Å². The van der Waals surface area contributed by atoms with E-state index >= 15 is 0 Å². The third kappa shape index (κ3) is 1.88. The van der Waals surface area contributed by atoms with E-state index in [2.05, 4.69) is 10.2 Å². The minimum Gasteiger partial charge on any atom is -0.392 e. The maximum absolute atomic E-state index is 13.3. The third-order valence-electron chi connectivity index (χ3n) is 3.30. The number of hydrogen-bond acceptors (Lipinski definition) is 4. The van der Waals surface area contributed by atoms with Crippen LogP contribution in [0.1, 0.15) is 11.1 Å². The molecule has 2 heterocycles. The molecule has 2 aromatic rings. The van der Waals surface area contributed by atoms with Crippen molar-refractivity contribution in [1.29, 1.82) is 0 Å². The number of aliphatic hydroxyl groups excluding tert-OH is 1. The van der Waals surface area contributed by atoms with Crippen molar-refractivity contribution >= 4 is 15.7 Å². The molecule has 0 atom stereocenters. The van der Waals surface area contributed by atoms with Crippen molar-refractivity contribution in [1.82, 2.24) is 10.2 Å². The van der Waals surface area contributed by atoms with Crippen molar-refractivity contribution in [3.63, 3.8) is 0 Å². The highest BCUT2D eigenvalue weighted by atomic mass is 32.2. The first-order chi connectivity index (χ1) is 9.54. The molecule has 0 saturated carbocycles. The summed E-state index contributed by atoms with van der Waals surface area (Å²) in [4.78, 5) is 0. The van der Waals surface area contributed by atoms with E-state index in [4.69, 9.17) is 5.11 Å². The van der Waals surface area contributed by atoms with Crippen LogP contribution in [-0.4, -0.2) is 30.3 Å². The monoisotopic (exact) mass is 297 g/mol. The largest absolute Gasteiger partial charge is 0.392 e. The van der Waals surface area contributed by atoms with Gasteiger partial charge < -0.3 is 5.11 Å². The summed E-state index contributed by atoms with van der Waals surface area (Å²) in [7, 11) is -3.88. The van der Waals surface area contributed by atoms with Crippen LogP contribution in [0.25, 0.3) is 0 Å². The fraction of sp³-hybridized carbons (Fsp3) is 0.250. The average molecular weight is 297 g/mol. The zero-order valence-corrected chi connectivity index (χ0v) is 11.2. The molecule has 3 rings (SSSR count). The minimum atomic E-state index is -3.88. The van der Waals surface area contributed by atoms with Crippen LogP contribution in [-0.2, 0) is 23.1 Å². The Bertz CT molecular complexity index is 757. The summed E-state index contributed by atoms with van der Waals surface area (Å²) in [5.41, 5.74) is 1.30. The summed E-state index contributed by atoms with van der Waals surface area (Å²) >= 11 is 0. The van der Waals surface area contributed by atoms with Crippen molar-refractivity contribution in [2.24, 2.45) is 0 Å². The lowest BCUT2D eigenvalue weighted by Gasteiger charge is -2.19. The molecular formula is C12H12FN3O3S. The Kier molecular flexibility index (Phi) is 2.98. The van der Waals surface area contributed by atoms with Gasteiger partial charge in [-0.1, -0.05) is 6.07 Å². The summed E-state index contributed by atoms with van der Waals surface area (Å²) in [6.07, 6.45) is 1.78. The summed E-state index contributed by atoms with van der Waals surface area (Å²) in [6.45, 7) is -0.195. The van der Waals surface area contributed by atoms with Gasteiger partial charge in [-0.15, -0.1) is 0 Å². The van der Waals surface area contributed by atoms with Crippen LogP contribution in [0.4, 0.5) is 10.1 Å². The number of sulfonamides is 1. The third-order valence-corrected chi connectivity index (χ3v) is 5.13. The molecule has 0 bridgehead atoms. The zero-order valence-electron chi connectivity index (χ0n) is 10.4. The molecule has 0 amide bonds. The van der Waals surface area contributed by atoms with Gasteiger partial charge in [-0.25, -0.2) is 4.39 Å². The van der Waals surface area contributed by atoms with Gasteiger partial charge in [-0.3, -0.25) is 9.40 Å². The first-order valence-corrected chi connectivity index (χ1v) is 7.42. The highest BCUT2D eigenvalue weighted by Crippen LogP contribution is 2.33. The van der Waals surface area contributed by atoms with Gasteiger partial charge in [-0.05, 0) is 24.1 Å². The van der Waals surface area contributed by atoms with E-state index in [0.717, 1.165) is 9.87 Å². The normalized spacial score (nSPS) is 14.6. The van der Waals surface area contributed by atoms with Crippen molar-refractivity contribution in [3.8, 4) is 0 Å². The highest BCUT2D eigenvalue weighted by molar-refractivity contribution is 7.92. The second-order valence-electron chi connectivity index (χ2n) is 4.48. The predicted octanol–water partition coefficient (Wildman–Crippen LogP) is 0.792. The van der Waals surface area contributed by atoms with E-state index in [1.54, 1.807) is 6.07 Å². The van der Waals surface area contributed by atoms with E-state index in [9.17, 15) is 12.8 Å². The molecule has 6 nitrogen and oxygen atoms in total. The van der Waals surface area contributed by atoms with Gasteiger partial charge in [0, 0.05) is 12.1 Å². The SMILES string of the molecule is O=S(=O)(c1[nH]ncc1CO)N1CCc2ccc(F)cc21. The summed E-state index contributed by atoms with van der Waals surface area (Å²) in [5, 5.41) is 15.0. The highest BCUT2D eigenvalue weighted by Gasteiger charge is 2.33. The van der Waals surface area contributed by atoms with Crippen molar-refractivity contribution in [2.45, 2.75) is 18.1 Å². The van der Waals surface area contributed by atoms with Gasteiger partial charge in [-0.2, -0.15) is 13.5 Å². The number of hydrogen-bond donors (Lipinski definition) is 2. The molecular weight excluding hydrogens is 285 g/mol. The van der Waals surface area contributed by atoms with Crippen LogP contribution in [0, 0.1) is 5.82 Å². The Hall–Kier alpha value is -1.93. The summed E-state index contributed by atoms with van der Waals surface area (Å²) in [5.74, 6) is -0.488. The van der Waals surface area contributed by atoms with Gasteiger partial charge in [0.2, 0.25) is 0 Å². The Morgan fingerprint density at radius 1 is 1.45 bits per heavy atom. The van der Waals surface area contributed by atoms with E-state index in [1.165, 1.54) is 18.3 Å². The van der Waals surface area contributed by atoms with Gasteiger partial charge in [0.25, 0.3) is 10.0 Å². The fourth-order valence-electron chi connectivity index (χ4n) is 2.32. The molecule has 1 aromatic heterocycles.